The van der Waals surface area contributed by atoms with Gasteiger partial charge >= 0.3 is 0 Å². The second kappa shape index (κ2) is 5.05. The number of nitrogens with one attached hydrogen (secondary N) is 1. The first kappa shape index (κ1) is 12.4. The lowest BCUT2D eigenvalue weighted by atomic mass is 9.66. The highest BCUT2D eigenvalue weighted by molar-refractivity contribution is 4.91. The van der Waals surface area contributed by atoms with Crippen molar-refractivity contribution in [3.63, 3.8) is 0 Å². The highest BCUT2D eigenvalue weighted by Gasteiger charge is 2.35. The molecule has 0 bridgehead atoms. The number of nitrogens with two attached hydrogens (primary N) is 1. The fourth-order valence-corrected chi connectivity index (χ4v) is 3.37. The topological polar surface area (TPSA) is 38.0 Å². The van der Waals surface area contributed by atoms with E-state index < -0.39 is 0 Å². The van der Waals surface area contributed by atoms with Crippen LogP contribution >= 0.6 is 0 Å². The third kappa shape index (κ3) is 2.78. The van der Waals surface area contributed by atoms with Crippen molar-refractivity contribution in [1.82, 2.24) is 5.32 Å². The first-order valence-corrected chi connectivity index (χ1v) is 7.13. The molecule has 2 aliphatic rings. The zero-order chi connectivity index (χ0) is 11.5. The second-order valence-corrected chi connectivity index (χ2v) is 6.36. The molecule has 0 unspecified atom stereocenters. The molecule has 0 spiro atoms. The lowest BCUT2D eigenvalue weighted by molar-refractivity contribution is 0.122. The van der Waals surface area contributed by atoms with Gasteiger partial charge in [-0.05, 0) is 57.5 Å². The smallest absolute Gasteiger partial charge is 0.0153 e. The summed E-state index contributed by atoms with van der Waals surface area (Å²) in [4.78, 5) is 0. The minimum Gasteiger partial charge on any atom is -0.330 e. The van der Waals surface area contributed by atoms with E-state index in [1.165, 1.54) is 64.3 Å². The molecule has 0 saturated heterocycles. The zero-order valence-electron chi connectivity index (χ0n) is 10.9. The number of hydrogen-bond donors (Lipinski definition) is 2. The van der Waals surface area contributed by atoms with Gasteiger partial charge in [-0.3, -0.25) is 0 Å². The molecule has 0 heterocycles. The second-order valence-electron chi connectivity index (χ2n) is 6.36. The largest absolute Gasteiger partial charge is 0.330 e. The predicted octanol–water partition coefficient (Wildman–Crippen LogP) is 2.82. The van der Waals surface area contributed by atoms with Crippen molar-refractivity contribution in [3.05, 3.63) is 0 Å². The van der Waals surface area contributed by atoms with Crippen molar-refractivity contribution in [3.8, 4) is 0 Å². The minimum atomic E-state index is 0.428. The van der Waals surface area contributed by atoms with Gasteiger partial charge in [-0.25, -0.2) is 0 Å². The first-order chi connectivity index (χ1) is 7.68. The van der Waals surface area contributed by atoms with Gasteiger partial charge in [-0.1, -0.05) is 25.7 Å². The molecule has 16 heavy (non-hydrogen) atoms. The van der Waals surface area contributed by atoms with Crippen LogP contribution in [0.5, 0.6) is 0 Å². The molecule has 2 rings (SSSR count). The van der Waals surface area contributed by atoms with Crippen molar-refractivity contribution in [2.75, 3.05) is 13.1 Å². The Bertz CT molecular complexity index is 209. The predicted molar refractivity (Wildman–Crippen MR) is 69.4 cm³/mol. The van der Waals surface area contributed by atoms with Gasteiger partial charge in [0.15, 0.2) is 0 Å². The molecule has 0 aromatic carbocycles. The molecule has 0 amide bonds. The van der Waals surface area contributed by atoms with Gasteiger partial charge in [-0.2, -0.15) is 0 Å². The minimum absolute atomic E-state index is 0.428. The van der Waals surface area contributed by atoms with Gasteiger partial charge in [0.05, 0.1) is 0 Å². The van der Waals surface area contributed by atoms with E-state index in [-0.39, 0.29) is 0 Å². The molecular formula is C14H28N2. The molecule has 94 valence electrons. The van der Waals surface area contributed by atoms with E-state index in [1.807, 2.05) is 0 Å². The van der Waals surface area contributed by atoms with Crippen LogP contribution in [0, 0.1) is 5.41 Å². The Morgan fingerprint density at radius 3 is 2.19 bits per heavy atom. The van der Waals surface area contributed by atoms with Gasteiger partial charge in [-0.15, -0.1) is 0 Å². The summed E-state index contributed by atoms with van der Waals surface area (Å²) in [5.41, 5.74) is 6.83. The Balaban J connectivity index is 1.70. The molecule has 0 atom stereocenters. The third-order valence-corrected chi connectivity index (χ3v) is 5.01. The van der Waals surface area contributed by atoms with Gasteiger partial charge in [0, 0.05) is 5.54 Å². The van der Waals surface area contributed by atoms with E-state index in [0.717, 1.165) is 6.54 Å². The Hall–Kier alpha value is -0.0800. The highest BCUT2D eigenvalue weighted by atomic mass is 15.0. The molecule has 2 saturated carbocycles. The average Bonchev–Trinajstić information content (AvgIpc) is 2.23. The lowest BCUT2D eigenvalue weighted by Crippen LogP contribution is -2.47. The normalized spacial score (nSPS) is 27.4. The van der Waals surface area contributed by atoms with Gasteiger partial charge in [0.1, 0.15) is 0 Å². The third-order valence-electron chi connectivity index (χ3n) is 5.01. The van der Waals surface area contributed by atoms with E-state index in [2.05, 4.69) is 12.2 Å². The summed E-state index contributed by atoms with van der Waals surface area (Å²) in [5.74, 6) is 0. The van der Waals surface area contributed by atoms with Gasteiger partial charge < -0.3 is 11.1 Å². The molecule has 0 radical (unpaired) electrons. The van der Waals surface area contributed by atoms with Crippen LogP contribution < -0.4 is 11.1 Å². The maximum atomic E-state index is 5.89. The molecule has 3 N–H and O–H groups in total. The monoisotopic (exact) mass is 224 g/mol. The van der Waals surface area contributed by atoms with Crippen molar-refractivity contribution in [2.24, 2.45) is 11.1 Å². The van der Waals surface area contributed by atoms with Crippen LogP contribution in [-0.4, -0.2) is 18.6 Å². The fraction of sp³-hybridized carbons (Fsp3) is 1.00. The number of hydrogen-bond acceptors (Lipinski definition) is 2. The zero-order valence-corrected chi connectivity index (χ0v) is 10.9. The molecule has 2 aliphatic carbocycles. The molecule has 2 fully saturated rings. The van der Waals surface area contributed by atoms with Crippen LogP contribution in [0.4, 0.5) is 0 Å². The molecule has 0 aromatic rings. The summed E-state index contributed by atoms with van der Waals surface area (Å²) in [6.45, 7) is 4.47. The Kier molecular flexibility index (Phi) is 3.91. The molecule has 2 heteroatoms. The van der Waals surface area contributed by atoms with Crippen molar-refractivity contribution >= 4 is 0 Å². The van der Waals surface area contributed by atoms with Crippen molar-refractivity contribution in [2.45, 2.75) is 70.3 Å². The van der Waals surface area contributed by atoms with E-state index in [4.69, 9.17) is 5.73 Å². The standard InChI is InChI=1S/C14H28N2/c1-13(6-3-2-4-7-13)16-11-10-14(12-15)8-5-9-14/h16H,2-12,15H2,1H3. The SMILES string of the molecule is CC1(NCCC2(CN)CCC2)CCCCC1. The van der Waals surface area contributed by atoms with Crippen LogP contribution in [-0.2, 0) is 0 Å². The summed E-state index contributed by atoms with van der Waals surface area (Å²) >= 11 is 0. The van der Waals surface area contributed by atoms with Gasteiger partial charge in [0.2, 0.25) is 0 Å². The van der Waals surface area contributed by atoms with Crippen LogP contribution in [0.3, 0.4) is 0 Å². The van der Waals surface area contributed by atoms with Crippen LogP contribution in [0.1, 0.15) is 64.7 Å². The Labute approximate surface area is 100 Å². The average molecular weight is 224 g/mol. The van der Waals surface area contributed by atoms with E-state index in [1.54, 1.807) is 0 Å². The summed E-state index contributed by atoms with van der Waals surface area (Å²) < 4.78 is 0. The summed E-state index contributed by atoms with van der Waals surface area (Å²) in [6, 6.07) is 0. The summed E-state index contributed by atoms with van der Waals surface area (Å²) in [5, 5.41) is 3.80. The highest BCUT2D eigenvalue weighted by Crippen LogP contribution is 2.42. The maximum Gasteiger partial charge on any atom is 0.0153 e. The van der Waals surface area contributed by atoms with Crippen LogP contribution in [0.25, 0.3) is 0 Å². The van der Waals surface area contributed by atoms with E-state index >= 15 is 0 Å². The van der Waals surface area contributed by atoms with E-state index in [9.17, 15) is 0 Å². The number of rotatable bonds is 5. The summed E-state index contributed by atoms with van der Waals surface area (Å²) in [6.07, 6.45) is 12.4. The Morgan fingerprint density at radius 2 is 1.69 bits per heavy atom. The van der Waals surface area contributed by atoms with Crippen LogP contribution in [0.2, 0.25) is 0 Å². The first-order valence-electron chi connectivity index (χ1n) is 7.13. The molecule has 2 nitrogen and oxygen atoms in total. The molecule has 0 aliphatic heterocycles. The van der Waals surface area contributed by atoms with E-state index in [0.29, 0.717) is 11.0 Å². The van der Waals surface area contributed by atoms with Crippen LogP contribution in [0.15, 0.2) is 0 Å². The maximum absolute atomic E-state index is 5.89. The Morgan fingerprint density at radius 1 is 1.00 bits per heavy atom. The molecule has 0 aromatic heterocycles. The summed E-state index contributed by atoms with van der Waals surface area (Å²) in [7, 11) is 0. The molecular weight excluding hydrogens is 196 g/mol. The quantitative estimate of drug-likeness (QED) is 0.753. The lowest BCUT2D eigenvalue weighted by Gasteiger charge is -2.43. The van der Waals surface area contributed by atoms with Gasteiger partial charge in [0.25, 0.3) is 0 Å². The van der Waals surface area contributed by atoms with Crippen molar-refractivity contribution < 1.29 is 0 Å². The fourth-order valence-electron chi connectivity index (χ4n) is 3.37. The van der Waals surface area contributed by atoms with Crippen molar-refractivity contribution in [1.29, 1.82) is 0 Å².